The summed E-state index contributed by atoms with van der Waals surface area (Å²) in [5.74, 6) is 0.336. The number of hydrogen-bond acceptors (Lipinski definition) is 4. The molecule has 0 aromatic carbocycles. The third kappa shape index (κ3) is 2.93. The SMILES string of the molecule is CNc1nc(-c2cnc(C(F)(F)F)s2)c(Cl)cc1Cl. The van der Waals surface area contributed by atoms with Gasteiger partial charge in [-0.15, -0.1) is 11.3 Å². The van der Waals surface area contributed by atoms with E-state index in [2.05, 4.69) is 15.3 Å². The molecule has 9 heteroatoms. The van der Waals surface area contributed by atoms with E-state index in [0.717, 1.165) is 6.20 Å². The average molecular weight is 328 g/mol. The first kappa shape index (κ1) is 14.4. The Morgan fingerprint density at radius 2 is 1.95 bits per heavy atom. The first-order chi connectivity index (χ1) is 8.82. The van der Waals surface area contributed by atoms with Crippen LogP contribution in [0.5, 0.6) is 0 Å². The number of alkyl halides is 3. The van der Waals surface area contributed by atoms with Gasteiger partial charge in [0.25, 0.3) is 0 Å². The van der Waals surface area contributed by atoms with Gasteiger partial charge in [0.2, 0.25) is 0 Å². The van der Waals surface area contributed by atoms with Crippen LogP contribution in [0.1, 0.15) is 5.01 Å². The minimum atomic E-state index is -4.48. The van der Waals surface area contributed by atoms with Crippen molar-refractivity contribution in [2.75, 3.05) is 12.4 Å². The van der Waals surface area contributed by atoms with E-state index in [9.17, 15) is 13.2 Å². The van der Waals surface area contributed by atoms with Gasteiger partial charge in [-0.1, -0.05) is 23.2 Å². The van der Waals surface area contributed by atoms with Gasteiger partial charge in [0.05, 0.1) is 14.9 Å². The van der Waals surface area contributed by atoms with Gasteiger partial charge in [0.15, 0.2) is 5.01 Å². The first-order valence-corrected chi connectivity index (χ1v) is 6.47. The third-order valence-electron chi connectivity index (χ3n) is 2.15. The lowest BCUT2D eigenvalue weighted by molar-refractivity contribution is -0.137. The zero-order valence-corrected chi connectivity index (χ0v) is 11.7. The Labute approximate surface area is 120 Å². The summed E-state index contributed by atoms with van der Waals surface area (Å²) in [7, 11) is 1.60. The Kier molecular flexibility index (Phi) is 3.89. The fourth-order valence-electron chi connectivity index (χ4n) is 1.33. The van der Waals surface area contributed by atoms with Crippen LogP contribution in [-0.2, 0) is 6.18 Å². The molecule has 3 nitrogen and oxygen atoms in total. The van der Waals surface area contributed by atoms with Crippen molar-refractivity contribution in [1.29, 1.82) is 0 Å². The quantitative estimate of drug-likeness (QED) is 0.877. The molecule has 2 heterocycles. The van der Waals surface area contributed by atoms with Gasteiger partial charge >= 0.3 is 6.18 Å². The van der Waals surface area contributed by atoms with E-state index in [0.29, 0.717) is 17.2 Å². The molecule has 0 aliphatic carbocycles. The number of pyridine rings is 1. The molecule has 102 valence electrons. The summed E-state index contributed by atoms with van der Waals surface area (Å²) in [5, 5.41) is 2.24. The molecule has 2 aromatic heterocycles. The van der Waals surface area contributed by atoms with E-state index in [4.69, 9.17) is 23.2 Å². The molecule has 0 unspecified atom stereocenters. The van der Waals surface area contributed by atoms with Crippen molar-refractivity contribution in [3.05, 3.63) is 27.3 Å². The van der Waals surface area contributed by atoms with E-state index in [1.54, 1.807) is 7.05 Å². The summed E-state index contributed by atoms with van der Waals surface area (Å²) in [6.07, 6.45) is -3.39. The minimum absolute atomic E-state index is 0.168. The van der Waals surface area contributed by atoms with Crippen molar-refractivity contribution < 1.29 is 13.2 Å². The summed E-state index contributed by atoms with van der Waals surface area (Å²) in [5.41, 5.74) is 0.211. The zero-order chi connectivity index (χ0) is 14.2. The average Bonchev–Trinajstić information content (AvgIpc) is 2.78. The number of halogens is 5. The van der Waals surface area contributed by atoms with Gasteiger partial charge < -0.3 is 5.32 Å². The molecule has 0 aliphatic heterocycles. The second kappa shape index (κ2) is 5.15. The third-order valence-corrected chi connectivity index (χ3v) is 3.77. The Hall–Kier alpha value is -1.05. The van der Waals surface area contributed by atoms with Crippen molar-refractivity contribution in [3.8, 4) is 10.6 Å². The van der Waals surface area contributed by atoms with Gasteiger partial charge in [-0.3, -0.25) is 0 Å². The number of rotatable bonds is 2. The number of hydrogen-bond donors (Lipinski definition) is 1. The Morgan fingerprint density at radius 3 is 2.47 bits per heavy atom. The lowest BCUT2D eigenvalue weighted by atomic mass is 10.3. The van der Waals surface area contributed by atoms with E-state index in [1.807, 2.05) is 0 Å². The highest BCUT2D eigenvalue weighted by atomic mass is 35.5. The molecule has 0 saturated carbocycles. The Balaban J connectivity index is 2.50. The molecule has 0 spiro atoms. The highest BCUT2D eigenvalue weighted by Gasteiger charge is 2.35. The molecular weight excluding hydrogens is 322 g/mol. The van der Waals surface area contributed by atoms with Gasteiger partial charge in [0, 0.05) is 13.2 Å². The maximum Gasteiger partial charge on any atom is 0.443 e. The van der Waals surface area contributed by atoms with Crippen LogP contribution < -0.4 is 5.32 Å². The van der Waals surface area contributed by atoms with Crippen LogP contribution in [0.3, 0.4) is 0 Å². The summed E-state index contributed by atoms with van der Waals surface area (Å²) in [6.45, 7) is 0. The van der Waals surface area contributed by atoms with Crippen LogP contribution in [0.25, 0.3) is 10.6 Å². The summed E-state index contributed by atoms with van der Waals surface area (Å²) >= 11 is 12.3. The van der Waals surface area contributed by atoms with E-state index in [1.165, 1.54) is 6.07 Å². The summed E-state index contributed by atoms with van der Waals surface area (Å²) in [6, 6.07) is 1.42. The number of nitrogens with zero attached hydrogens (tertiary/aromatic N) is 2. The van der Waals surface area contributed by atoms with Crippen LogP contribution in [0.4, 0.5) is 19.0 Å². The van der Waals surface area contributed by atoms with Crippen molar-refractivity contribution >= 4 is 40.4 Å². The molecular formula is C10H6Cl2F3N3S. The molecule has 0 radical (unpaired) electrons. The second-order valence-corrected chi connectivity index (χ2v) is 5.27. The van der Waals surface area contributed by atoms with Crippen molar-refractivity contribution in [2.24, 2.45) is 0 Å². The topological polar surface area (TPSA) is 37.8 Å². The van der Waals surface area contributed by atoms with Crippen molar-refractivity contribution in [2.45, 2.75) is 6.18 Å². The molecule has 1 N–H and O–H groups in total. The fourth-order valence-corrected chi connectivity index (χ4v) is 2.73. The predicted octanol–water partition coefficient (Wildman–Crippen LogP) is 4.57. The van der Waals surface area contributed by atoms with Gasteiger partial charge in [-0.25, -0.2) is 9.97 Å². The van der Waals surface area contributed by atoms with E-state index in [-0.39, 0.29) is 20.6 Å². The molecule has 0 aliphatic rings. The largest absolute Gasteiger partial charge is 0.443 e. The Morgan fingerprint density at radius 1 is 1.26 bits per heavy atom. The lowest BCUT2D eigenvalue weighted by Crippen LogP contribution is -2.02. The molecule has 0 bridgehead atoms. The number of anilines is 1. The minimum Gasteiger partial charge on any atom is -0.372 e. The highest BCUT2D eigenvalue weighted by molar-refractivity contribution is 7.15. The molecule has 2 aromatic rings. The summed E-state index contributed by atoms with van der Waals surface area (Å²) < 4.78 is 37.5. The van der Waals surface area contributed by atoms with Crippen LogP contribution >= 0.6 is 34.5 Å². The molecule has 19 heavy (non-hydrogen) atoms. The zero-order valence-electron chi connectivity index (χ0n) is 9.35. The standard InChI is InChI=1S/C10H6Cl2F3N3S/c1-16-8-5(12)2-4(11)7(18-8)6-3-17-9(19-6)10(13,14)15/h2-3H,1H3,(H,16,18). The predicted molar refractivity (Wildman–Crippen MR) is 69.9 cm³/mol. The fraction of sp³-hybridized carbons (Fsp3) is 0.200. The second-order valence-electron chi connectivity index (χ2n) is 3.43. The maximum absolute atomic E-state index is 12.5. The lowest BCUT2D eigenvalue weighted by Gasteiger charge is -2.06. The number of nitrogens with one attached hydrogen (secondary N) is 1. The maximum atomic E-state index is 12.5. The molecule has 0 saturated heterocycles. The van der Waals surface area contributed by atoms with Crippen LogP contribution in [-0.4, -0.2) is 17.0 Å². The van der Waals surface area contributed by atoms with Crippen LogP contribution in [0, 0.1) is 0 Å². The van der Waals surface area contributed by atoms with E-state index < -0.39 is 11.2 Å². The first-order valence-electron chi connectivity index (χ1n) is 4.90. The monoisotopic (exact) mass is 327 g/mol. The summed E-state index contributed by atoms with van der Waals surface area (Å²) in [4.78, 5) is 7.64. The van der Waals surface area contributed by atoms with Gasteiger partial charge in [0.1, 0.15) is 11.5 Å². The smallest absolute Gasteiger partial charge is 0.372 e. The molecule has 0 fully saturated rings. The van der Waals surface area contributed by atoms with Gasteiger partial charge in [-0.05, 0) is 6.07 Å². The number of aromatic nitrogens is 2. The van der Waals surface area contributed by atoms with Crippen LogP contribution in [0.2, 0.25) is 10.0 Å². The molecule has 0 amide bonds. The van der Waals surface area contributed by atoms with E-state index >= 15 is 0 Å². The van der Waals surface area contributed by atoms with Crippen molar-refractivity contribution in [1.82, 2.24) is 9.97 Å². The van der Waals surface area contributed by atoms with Gasteiger partial charge in [-0.2, -0.15) is 13.2 Å². The number of thiazole rings is 1. The molecule has 2 rings (SSSR count). The Bertz CT molecular complexity index is 613. The van der Waals surface area contributed by atoms with Crippen molar-refractivity contribution in [3.63, 3.8) is 0 Å². The molecule has 0 atom stereocenters. The highest BCUT2D eigenvalue weighted by Crippen LogP contribution is 2.39. The van der Waals surface area contributed by atoms with Crippen LogP contribution in [0.15, 0.2) is 12.3 Å². The normalized spacial score (nSPS) is 11.7.